The molecule has 0 aliphatic rings. The van der Waals surface area contributed by atoms with E-state index in [4.69, 9.17) is 9.15 Å². The van der Waals surface area contributed by atoms with Crippen molar-refractivity contribution < 1.29 is 9.15 Å². The molecule has 2 rings (SSSR count). The van der Waals surface area contributed by atoms with E-state index < -0.39 is 0 Å². The minimum Gasteiger partial charge on any atom is -0.462 e. The van der Waals surface area contributed by atoms with E-state index in [-0.39, 0.29) is 0 Å². The molecule has 4 nitrogen and oxygen atoms in total. The minimum absolute atomic E-state index is 0.529. The van der Waals surface area contributed by atoms with Gasteiger partial charge in [0.2, 0.25) is 0 Å². The summed E-state index contributed by atoms with van der Waals surface area (Å²) in [6.07, 6.45) is 0.917. The van der Waals surface area contributed by atoms with E-state index in [0.717, 1.165) is 30.2 Å². The number of hydrogen-bond donors (Lipinski definition) is 1. The molecule has 0 aliphatic carbocycles. The fourth-order valence-corrected chi connectivity index (χ4v) is 2.44. The van der Waals surface area contributed by atoms with Gasteiger partial charge >= 0.3 is 0 Å². The molecule has 0 aliphatic heterocycles. The summed E-state index contributed by atoms with van der Waals surface area (Å²) in [6, 6.07) is 3.94. The fraction of sp³-hybridized carbons (Fsp3) is 0.462. The van der Waals surface area contributed by atoms with Crippen molar-refractivity contribution >= 4 is 11.3 Å². The molecule has 0 bridgehead atoms. The number of hydrogen-bond acceptors (Lipinski definition) is 5. The highest BCUT2D eigenvalue weighted by Gasteiger charge is 2.03. The molecule has 5 heteroatoms. The molecule has 0 fully saturated rings. The predicted molar refractivity (Wildman–Crippen MR) is 71.7 cm³/mol. The summed E-state index contributed by atoms with van der Waals surface area (Å²) in [4.78, 5) is 5.51. The van der Waals surface area contributed by atoms with Gasteiger partial charge in [0.25, 0.3) is 0 Å². The van der Waals surface area contributed by atoms with Gasteiger partial charge in [0, 0.05) is 11.3 Å². The lowest BCUT2D eigenvalue weighted by Crippen LogP contribution is -2.03. The predicted octanol–water partition coefficient (Wildman–Crippen LogP) is 2.52. The lowest BCUT2D eigenvalue weighted by molar-refractivity contribution is 0.108. The summed E-state index contributed by atoms with van der Waals surface area (Å²) in [6.45, 7) is 4.01. The molecule has 2 aromatic rings. The first-order valence-corrected chi connectivity index (χ1v) is 6.86. The van der Waals surface area contributed by atoms with Gasteiger partial charge in [0.15, 0.2) is 0 Å². The molecular weight excluding hydrogens is 248 g/mol. The van der Waals surface area contributed by atoms with E-state index in [2.05, 4.69) is 10.3 Å². The highest BCUT2D eigenvalue weighted by Crippen LogP contribution is 2.13. The van der Waals surface area contributed by atoms with Crippen LogP contribution in [-0.4, -0.2) is 18.6 Å². The van der Waals surface area contributed by atoms with Gasteiger partial charge in [-0.25, -0.2) is 4.98 Å². The normalized spacial score (nSPS) is 11.0. The van der Waals surface area contributed by atoms with E-state index in [1.807, 2.05) is 31.6 Å². The van der Waals surface area contributed by atoms with Crippen LogP contribution in [0.2, 0.25) is 0 Å². The van der Waals surface area contributed by atoms with Crippen LogP contribution in [-0.2, 0) is 24.3 Å². The van der Waals surface area contributed by atoms with Gasteiger partial charge in [-0.1, -0.05) is 0 Å². The van der Waals surface area contributed by atoms with Crippen LogP contribution in [0.1, 0.15) is 22.1 Å². The van der Waals surface area contributed by atoms with Crippen molar-refractivity contribution in [2.45, 2.75) is 26.5 Å². The molecule has 0 aromatic carbocycles. The standard InChI is InChI=1S/C13H18N2O2S/c1-10-13(18-9-15-10)5-6-16-8-12-4-3-11(17-12)7-14-2/h3-4,9,14H,5-8H2,1-2H3. The van der Waals surface area contributed by atoms with Gasteiger partial charge in [0.1, 0.15) is 18.1 Å². The second kappa shape index (κ2) is 6.68. The van der Waals surface area contributed by atoms with Crippen LogP contribution in [0.5, 0.6) is 0 Å². The SMILES string of the molecule is CNCc1ccc(COCCc2scnc2C)o1. The molecule has 0 atom stereocenters. The molecule has 98 valence electrons. The lowest BCUT2D eigenvalue weighted by Gasteiger charge is -2.01. The third-order valence-electron chi connectivity index (χ3n) is 2.63. The van der Waals surface area contributed by atoms with Gasteiger partial charge in [-0.3, -0.25) is 0 Å². The number of rotatable bonds is 7. The molecule has 0 amide bonds. The average Bonchev–Trinajstić information content (AvgIpc) is 2.95. The number of aromatic nitrogens is 1. The van der Waals surface area contributed by atoms with Crippen molar-refractivity contribution in [2.75, 3.05) is 13.7 Å². The van der Waals surface area contributed by atoms with Crippen LogP contribution in [0.15, 0.2) is 22.1 Å². The summed E-state index contributed by atoms with van der Waals surface area (Å²) < 4.78 is 11.2. The Balaban J connectivity index is 1.70. The van der Waals surface area contributed by atoms with E-state index in [1.54, 1.807) is 11.3 Å². The van der Waals surface area contributed by atoms with Gasteiger partial charge in [-0.15, -0.1) is 11.3 Å². The topological polar surface area (TPSA) is 47.3 Å². The summed E-state index contributed by atoms with van der Waals surface area (Å²) in [7, 11) is 1.90. The third-order valence-corrected chi connectivity index (χ3v) is 3.63. The lowest BCUT2D eigenvalue weighted by atomic mass is 10.3. The Morgan fingerprint density at radius 2 is 2.22 bits per heavy atom. The Kier molecular flexibility index (Phi) is 4.92. The first-order valence-electron chi connectivity index (χ1n) is 5.98. The molecule has 0 saturated heterocycles. The largest absolute Gasteiger partial charge is 0.462 e. The van der Waals surface area contributed by atoms with Crippen molar-refractivity contribution in [3.8, 4) is 0 Å². The number of thiazole rings is 1. The van der Waals surface area contributed by atoms with E-state index in [1.165, 1.54) is 4.88 Å². The second-order valence-corrected chi connectivity index (χ2v) is 5.00. The van der Waals surface area contributed by atoms with Crippen LogP contribution < -0.4 is 5.32 Å². The Morgan fingerprint density at radius 1 is 1.39 bits per heavy atom. The molecule has 2 aromatic heterocycles. The van der Waals surface area contributed by atoms with Crippen LogP contribution >= 0.6 is 11.3 Å². The van der Waals surface area contributed by atoms with Crippen LogP contribution in [0.4, 0.5) is 0 Å². The zero-order valence-electron chi connectivity index (χ0n) is 10.7. The summed E-state index contributed by atoms with van der Waals surface area (Å²) in [5, 5.41) is 3.05. The molecule has 0 spiro atoms. The Hall–Kier alpha value is -1.17. The first kappa shape index (κ1) is 13.3. The highest BCUT2D eigenvalue weighted by atomic mass is 32.1. The number of aryl methyl sites for hydroxylation is 1. The maximum absolute atomic E-state index is 5.60. The Labute approximate surface area is 111 Å². The number of nitrogens with zero attached hydrogens (tertiary/aromatic N) is 1. The quantitative estimate of drug-likeness (QED) is 0.782. The van der Waals surface area contributed by atoms with Crippen LogP contribution in [0.25, 0.3) is 0 Å². The maximum Gasteiger partial charge on any atom is 0.129 e. The van der Waals surface area contributed by atoms with Crippen molar-refractivity contribution in [1.29, 1.82) is 0 Å². The third kappa shape index (κ3) is 3.66. The smallest absolute Gasteiger partial charge is 0.129 e. The van der Waals surface area contributed by atoms with Crippen LogP contribution in [0.3, 0.4) is 0 Å². The van der Waals surface area contributed by atoms with E-state index >= 15 is 0 Å². The Bertz CT molecular complexity index is 479. The summed E-state index contributed by atoms with van der Waals surface area (Å²) in [5.41, 5.74) is 2.99. The van der Waals surface area contributed by atoms with Gasteiger partial charge in [-0.2, -0.15) is 0 Å². The van der Waals surface area contributed by atoms with E-state index in [0.29, 0.717) is 13.2 Å². The zero-order valence-corrected chi connectivity index (χ0v) is 11.5. The minimum atomic E-state index is 0.529. The van der Waals surface area contributed by atoms with Gasteiger partial charge in [-0.05, 0) is 26.1 Å². The van der Waals surface area contributed by atoms with Crippen molar-refractivity contribution in [3.63, 3.8) is 0 Å². The summed E-state index contributed by atoms with van der Waals surface area (Å²) in [5.74, 6) is 1.82. The fourth-order valence-electron chi connectivity index (χ4n) is 1.67. The Morgan fingerprint density at radius 3 is 2.94 bits per heavy atom. The molecule has 18 heavy (non-hydrogen) atoms. The number of nitrogens with one attached hydrogen (secondary N) is 1. The summed E-state index contributed by atoms with van der Waals surface area (Å²) >= 11 is 1.68. The van der Waals surface area contributed by atoms with Gasteiger partial charge < -0.3 is 14.5 Å². The zero-order chi connectivity index (χ0) is 12.8. The molecule has 0 unspecified atom stereocenters. The first-order chi connectivity index (χ1) is 8.79. The highest BCUT2D eigenvalue weighted by molar-refractivity contribution is 7.09. The van der Waals surface area contributed by atoms with Gasteiger partial charge in [0.05, 0.1) is 24.4 Å². The van der Waals surface area contributed by atoms with Crippen molar-refractivity contribution in [1.82, 2.24) is 10.3 Å². The molecule has 1 N–H and O–H groups in total. The molecular formula is C13H18N2O2S. The molecule has 0 radical (unpaired) electrons. The molecule has 2 heterocycles. The second-order valence-electron chi connectivity index (χ2n) is 4.06. The van der Waals surface area contributed by atoms with Crippen molar-refractivity contribution in [2.24, 2.45) is 0 Å². The number of furan rings is 1. The monoisotopic (exact) mass is 266 g/mol. The number of ether oxygens (including phenoxy) is 1. The average molecular weight is 266 g/mol. The molecule has 0 saturated carbocycles. The van der Waals surface area contributed by atoms with E-state index in [9.17, 15) is 0 Å². The maximum atomic E-state index is 5.60. The van der Waals surface area contributed by atoms with Crippen LogP contribution in [0, 0.1) is 6.92 Å². The van der Waals surface area contributed by atoms with Crippen molar-refractivity contribution in [3.05, 3.63) is 39.7 Å².